The lowest BCUT2D eigenvalue weighted by atomic mass is 10.1. The number of nitrogens with zero attached hydrogens (tertiary/aromatic N) is 3. The highest BCUT2D eigenvalue weighted by Gasteiger charge is 2.08. The van der Waals surface area contributed by atoms with Gasteiger partial charge in [0.1, 0.15) is 17.5 Å². The summed E-state index contributed by atoms with van der Waals surface area (Å²) in [5.74, 6) is 1.28. The number of anilines is 1. The summed E-state index contributed by atoms with van der Waals surface area (Å²) in [6.07, 6.45) is 0. The van der Waals surface area contributed by atoms with Crippen LogP contribution in [0.1, 0.15) is 29.9 Å². The molecule has 5 nitrogen and oxygen atoms in total. The Hall–Kier alpha value is -2.61. The smallest absolute Gasteiger partial charge is 0.224 e. The Bertz CT molecular complexity index is 631. The summed E-state index contributed by atoms with van der Waals surface area (Å²) in [6.45, 7) is 3.85. The molecule has 2 rings (SSSR count). The molecule has 0 fully saturated rings. The van der Waals surface area contributed by atoms with Gasteiger partial charge in [0, 0.05) is 5.69 Å². The number of nitriles is 1. The first kappa shape index (κ1) is 13.8. The van der Waals surface area contributed by atoms with Gasteiger partial charge in [-0.05, 0) is 37.6 Å². The van der Waals surface area contributed by atoms with Gasteiger partial charge in [-0.1, -0.05) is 12.1 Å². The zero-order chi connectivity index (χ0) is 14.5. The minimum absolute atomic E-state index is 0.0363. The lowest BCUT2D eigenvalue weighted by molar-refractivity contribution is 0.414. The molecule has 0 aliphatic carbocycles. The predicted octanol–water partition coefficient (Wildman–Crippen LogP) is 2.84. The van der Waals surface area contributed by atoms with Crippen molar-refractivity contribution in [3.63, 3.8) is 0 Å². The number of hydrogen-bond donors (Lipinski definition) is 1. The second-order valence-corrected chi connectivity index (χ2v) is 4.47. The maximum absolute atomic E-state index is 8.91. The molecule has 102 valence electrons. The summed E-state index contributed by atoms with van der Waals surface area (Å²) in [5, 5.41) is 12.1. The molecular weight excluding hydrogens is 252 g/mol. The molecular formula is C15H16N4O. The van der Waals surface area contributed by atoms with Crippen LogP contribution in [0.4, 0.5) is 5.95 Å². The van der Waals surface area contributed by atoms with Gasteiger partial charge in [-0.25, -0.2) is 9.97 Å². The Morgan fingerprint density at radius 1 is 1.25 bits per heavy atom. The zero-order valence-electron chi connectivity index (χ0n) is 11.7. The maximum Gasteiger partial charge on any atom is 0.224 e. The molecule has 20 heavy (non-hydrogen) atoms. The normalized spacial score (nSPS) is 11.5. The molecule has 1 atom stereocenters. The Morgan fingerprint density at radius 3 is 2.55 bits per heavy atom. The van der Waals surface area contributed by atoms with Crippen molar-refractivity contribution in [2.45, 2.75) is 19.9 Å². The fourth-order valence-corrected chi connectivity index (χ4v) is 1.86. The highest BCUT2D eigenvalue weighted by molar-refractivity contribution is 5.37. The Labute approximate surface area is 118 Å². The summed E-state index contributed by atoms with van der Waals surface area (Å²) in [5.41, 5.74) is 2.22. The van der Waals surface area contributed by atoms with Crippen molar-refractivity contribution >= 4 is 5.95 Å². The van der Waals surface area contributed by atoms with Crippen molar-refractivity contribution in [2.24, 2.45) is 0 Å². The topological polar surface area (TPSA) is 70.8 Å². The number of hydrogen-bond acceptors (Lipinski definition) is 5. The van der Waals surface area contributed by atoms with E-state index in [9.17, 15) is 0 Å². The monoisotopic (exact) mass is 268 g/mol. The molecule has 0 saturated heterocycles. The second kappa shape index (κ2) is 6.02. The van der Waals surface area contributed by atoms with Crippen LogP contribution in [0, 0.1) is 18.3 Å². The van der Waals surface area contributed by atoms with Crippen LogP contribution in [0.25, 0.3) is 0 Å². The van der Waals surface area contributed by atoms with Gasteiger partial charge in [-0.2, -0.15) is 5.26 Å². The number of rotatable bonds is 4. The largest absolute Gasteiger partial charge is 0.497 e. The number of aryl methyl sites for hydroxylation is 1. The molecule has 1 unspecified atom stereocenters. The average Bonchev–Trinajstić information content (AvgIpc) is 2.46. The van der Waals surface area contributed by atoms with Crippen LogP contribution in [0.3, 0.4) is 0 Å². The molecule has 1 aromatic heterocycles. The van der Waals surface area contributed by atoms with Gasteiger partial charge < -0.3 is 10.1 Å². The summed E-state index contributed by atoms with van der Waals surface area (Å²) >= 11 is 0. The Kier molecular flexibility index (Phi) is 4.16. The van der Waals surface area contributed by atoms with Gasteiger partial charge in [0.05, 0.1) is 13.2 Å². The van der Waals surface area contributed by atoms with Crippen molar-refractivity contribution in [3.8, 4) is 11.8 Å². The number of ether oxygens (including phenoxy) is 1. The first-order chi connectivity index (χ1) is 9.62. The fraction of sp³-hybridized carbons (Fsp3) is 0.267. The Morgan fingerprint density at radius 2 is 1.95 bits per heavy atom. The van der Waals surface area contributed by atoms with Crippen LogP contribution in [-0.2, 0) is 0 Å². The van der Waals surface area contributed by atoms with E-state index in [1.807, 2.05) is 44.2 Å². The first-order valence-electron chi connectivity index (χ1n) is 6.28. The van der Waals surface area contributed by atoms with Gasteiger partial charge in [0.15, 0.2) is 0 Å². The van der Waals surface area contributed by atoms with Crippen LogP contribution < -0.4 is 10.1 Å². The van der Waals surface area contributed by atoms with E-state index in [0.29, 0.717) is 11.6 Å². The third-order valence-electron chi connectivity index (χ3n) is 2.93. The van der Waals surface area contributed by atoms with E-state index in [2.05, 4.69) is 15.3 Å². The molecule has 0 radical (unpaired) electrons. The van der Waals surface area contributed by atoms with Crippen molar-refractivity contribution in [3.05, 3.63) is 47.3 Å². The van der Waals surface area contributed by atoms with Gasteiger partial charge in [0.25, 0.3) is 0 Å². The quantitative estimate of drug-likeness (QED) is 0.923. The van der Waals surface area contributed by atoms with Crippen molar-refractivity contribution in [1.82, 2.24) is 9.97 Å². The van der Waals surface area contributed by atoms with Crippen LogP contribution in [0.5, 0.6) is 5.75 Å². The van der Waals surface area contributed by atoms with Gasteiger partial charge in [-0.3, -0.25) is 0 Å². The van der Waals surface area contributed by atoms with E-state index in [1.54, 1.807) is 13.2 Å². The summed E-state index contributed by atoms with van der Waals surface area (Å²) < 4.78 is 5.13. The summed E-state index contributed by atoms with van der Waals surface area (Å²) in [7, 11) is 1.64. The first-order valence-corrected chi connectivity index (χ1v) is 6.28. The van der Waals surface area contributed by atoms with Crippen LogP contribution in [0.2, 0.25) is 0 Å². The van der Waals surface area contributed by atoms with E-state index in [0.717, 1.165) is 17.0 Å². The van der Waals surface area contributed by atoms with Gasteiger partial charge in [-0.15, -0.1) is 0 Å². The molecule has 0 aliphatic rings. The van der Waals surface area contributed by atoms with Crippen molar-refractivity contribution in [2.75, 3.05) is 12.4 Å². The van der Waals surface area contributed by atoms with Crippen molar-refractivity contribution in [1.29, 1.82) is 5.26 Å². The highest BCUT2D eigenvalue weighted by atomic mass is 16.5. The van der Waals surface area contributed by atoms with E-state index in [4.69, 9.17) is 10.00 Å². The number of methoxy groups -OCH3 is 1. The summed E-state index contributed by atoms with van der Waals surface area (Å²) in [4.78, 5) is 8.43. The second-order valence-electron chi connectivity index (χ2n) is 4.47. The van der Waals surface area contributed by atoms with Crippen LogP contribution >= 0.6 is 0 Å². The maximum atomic E-state index is 8.91. The van der Waals surface area contributed by atoms with Crippen LogP contribution in [-0.4, -0.2) is 17.1 Å². The van der Waals surface area contributed by atoms with Gasteiger partial charge in [0.2, 0.25) is 5.95 Å². The fourth-order valence-electron chi connectivity index (χ4n) is 1.86. The molecule has 1 aromatic carbocycles. The average molecular weight is 268 g/mol. The van der Waals surface area contributed by atoms with E-state index < -0.39 is 0 Å². The van der Waals surface area contributed by atoms with E-state index in [1.165, 1.54) is 0 Å². The minimum atomic E-state index is 0.0363. The standard InChI is InChI=1S/C15H16N4O/c1-10-8-13(9-16)19-15(17-10)18-11(2)12-4-6-14(20-3)7-5-12/h4-8,11H,1-3H3,(H,17,18,19). The Balaban J connectivity index is 2.16. The molecule has 0 aliphatic heterocycles. The van der Waals surface area contributed by atoms with E-state index >= 15 is 0 Å². The predicted molar refractivity (Wildman–Crippen MR) is 76.5 cm³/mol. The highest BCUT2D eigenvalue weighted by Crippen LogP contribution is 2.20. The van der Waals surface area contributed by atoms with Gasteiger partial charge >= 0.3 is 0 Å². The molecule has 2 aromatic rings. The third-order valence-corrected chi connectivity index (χ3v) is 2.93. The zero-order valence-corrected chi connectivity index (χ0v) is 11.7. The molecule has 0 bridgehead atoms. The summed E-state index contributed by atoms with van der Waals surface area (Å²) in [6, 6.07) is 11.5. The SMILES string of the molecule is COc1ccc(C(C)Nc2nc(C)cc(C#N)n2)cc1. The number of nitrogens with one attached hydrogen (secondary N) is 1. The van der Waals surface area contributed by atoms with Crippen molar-refractivity contribution < 1.29 is 4.74 Å². The third kappa shape index (κ3) is 3.23. The minimum Gasteiger partial charge on any atom is -0.497 e. The molecule has 0 amide bonds. The number of benzene rings is 1. The lowest BCUT2D eigenvalue weighted by Gasteiger charge is -2.15. The van der Waals surface area contributed by atoms with E-state index in [-0.39, 0.29) is 6.04 Å². The molecule has 5 heteroatoms. The van der Waals surface area contributed by atoms with Crippen LogP contribution in [0.15, 0.2) is 30.3 Å². The number of aromatic nitrogens is 2. The molecule has 0 spiro atoms. The molecule has 0 saturated carbocycles. The molecule has 1 N–H and O–H groups in total. The molecule has 1 heterocycles. The lowest BCUT2D eigenvalue weighted by Crippen LogP contribution is -2.10.